The standard InChI is InChI=1S/C11H12IN3/c1-7-10(14-15(2)11(7)13)8-5-3-4-6-9(8)12/h3-6H,13H2,1-2H3. The summed E-state index contributed by atoms with van der Waals surface area (Å²) in [5.41, 5.74) is 9.05. The van der Waals surface area contributed by atoms with Crippen molar-refractivity contribution in [3.63, 3.8) is 0 Å². The average Bonchev–Trinajstić information content (AvgIpc) is 2.47. The van der Waals surface area contributed by atoms with Gasteiger partial charge in [0.05, 0.1) is 5.69 Å². The predicted octanol–water partition coefficient (Wildman–Crippen LogP) is 2.58. The summed E-state index contributed by atoms with van der Waals surface area (Å²) in [5.74, 6) is 0.727. The molecule has 0 saturated heterocycles. The summed E-state index contributed by atoms with van der Waals surface area (Å²) >= 11 is 2.31. The maximum atomic E-state index is 5.89. The second-order valence-electron chi connectivity index (χ2n) is 3.46. The fourth-order valence-corrected chi connectivity index (χ4v) is 2.19. The zero-order valence-corrected chi connectivity index (χ0v) is 10.8. The first-order valence-corrected chi connectivity index (χ1v) is 5.73. The van der Waals surface area contributed by atoms with Crippen LogP contribution in [0.5, 0.6) is 0 Å². The zero-order valence-electron chi connectivity index (χ0n) is 8.66. The summed E-state index contributed by atoms with van der Waals surface area (Å²) in [4.78, 5) is 0. The van der Waals surface area contributed by atoms with Gasteiger partial charge in [-0.05, 0) is 35.6 Å². The van der Waals surface area contributed by atoms with E-state index in [1.165, 1.54) is 3.57 Å². The van der Waals surface area contributed by atoms with Gasteiger partial charge in [-0.15, -0.1) is 0 Å². The molecular formula is C11H12IN3. The molecule has 1 heterocycles. The van der Waals surface area contributed by atoms with Crippen LogP contribution in [0, 0.1) is 10.5 Å². The van der Waals surface area contributed by atoms with Gasteiger partial charge in [0.25, 0.3) is 0 Å². The normalized spacial score (nSPS) is 10.6. The van der Waals surface area contributed by atoms with E-state index in [1.807, 2.05) is 26.1 Å². The number of hydrogen-bond acceptors (Lipinski definition) is 2. The lowest BCUT2D eigenvalue weighted by Gasteiger charge is -2.01. The molecule has 1 aromatic carbocycles. The molecular weight excluding hydrogens is 301 g/mol. The minimum atomic E-state index is 0.727. The summed E-state index contributed by atoms with van der Waals surface area (Å²) < 4.78 is 2.91. The summed E-state index contributed by atoms with van der Waals surface area (Å²) in [6.07, 6.45) is 0. The highest BCUT2D eigenvalue weighted by molar-refractivity contribution is 14.1. The molecule has 0 radical (unpaired) electrons. The van der Waals surface area contributed by atoms with Crippen LogP contribution in [0.1, 0.15) is 5.56 Å². The highest BCUT2D eigenvalue weighted by atomic mass is 127. The van der Waals surface area contributed by atoms with Gasteiger partial charge in [-0.3, -0.25) is 4.68 Å². The Morgan fingerprint density at radius 3 is 2.53 bits per heavy atom. The molecule has 0 aliphatic rings. The van der Waals surface area contributed by atoms with Crippen LogP contribution < -0.4 is 5.73 Å². The molecule has 15 heavy (non-hydrogen) atoms. The largest absolute Gasteiger partial charge is 0.384 e. The van der Waals surface area contributed by atoms with Gasteiger partial charge in [0.2, 0.25) is 0 Å². The van der Waals surface area contributed by atoms with Crippen molar-refractivity contribution in [1.29, 1.82) is 0 Å². The molecule has 2 N–H and O–H groups in total. The third-order valence-corrected chi connectivity index (χ3v) is 3.41. The molecule has 0 atom stereocenters. The number of anilines is 1. The van der Waals surface area contributed by atoms with E-state index in [2.05, 4.69) is 39.8 Å². The van der Waals surface area contributed by atoms with Crippen LogP contribution in [0.2, 0.25) is 0 Å². The Balaban J connectivity index is 2.65. The Hall–Kier alpha value is -1.04. The highest BCUT2D eigenvalue weighted by Crippen LogP contribution is 2.29. The summed E-state index contributed by atoms with van der Waals surface area (Å²) in [5, 5.41) is 4.43. The molecule has 2 aromatic rings. The Kier molecular flexibility index (Phi) is 2.68. The number of aromatic nitrogens is 2. The SMILES string of the molecule is Cc1c(-c2ccccc2I)nn(C)c1N. The molecule has 0 bridgehead atoms. The van der Waals surface area contributed by atoms with Gasteiger partial charge in [-0.2, -0.15) is 5.10 Å². The van der Waals surface area contributed by atoms with Crippen LogP contribution in [0.4, 0.5) is 5.82 Å². The molecule has 4 heteroatoms. The summed E-state index contributed by atoms with van der Waals surface area (Å²) in [7, 11) is 1.86. The van der Waals surface area contributed by atoms with Gasteiger partial charge >= 0.3 is 0 Å². The third kappa shape index (κ3) is 1.73. The lowest BCUT2D eigenvalue weighted by Crippen LogP contribution is -1.97. The average molecular weight is 313 g/mol. The number of nitrogens with two attached hydrogens (primary N) is 1. The first-order chi connectivity index (χ1) is 7.11. The van der Waals surface area contributed by atoms with E-state index in [-0.39, 0.29) is 0 Å². The van der Waals surface area contributed by atoms with E-state index in [9.17, 15) is 0 Å². The van der Waals surface area contributed by atoms with Gasteiger partial charge in [-0.1, -0.05) is 18.2 Å². The van der Waals surface area contributed by atoms with E-state index in [1.54, 1.807) is 4.68 Å². The molecule has 0 amide bonds. The van der Waals surface area contributed by atoms with Crippen molar-refractivity contribution in [2.24, 2.45) is 7.05 Å². The van der Waals surface area contributed by atoms with Crippen molar-refractivity contribution in [3.8, 4) is 11.3 Å². The van der Waals surface area contributed by atoms with Gasteiger partial charge in [0.15, 0.2) is 0 Å². The summed E-state index contributed by atoms with van der Waals surface area (Å²) in [6.45, 7) is 2.00. The number of rotatable bonds is 1. The van der Waals surface area contributed by atoms with Crippen molar-refractivity contribution in [2.75, 3.05) is 5.73 Å². The zero-order chi connectivity index (χ0) is 11.0. The van der Waals surface area contributed by atoms with Crippen LogP contribution in [0.15, 0.2) is 24.3 Å². The number of nitrogen functional groups attached to an aromatic ring is 1. The molecule has 78 valence electrons. The van der Waals surface area contributed by atoms with Crippen molar-refractivity contribution in [3.05, 3.63) is 33.4 Å². The Morgan fingerprint density at radius 1 is 1.33 bits per heavy atom. The summed E-state index contributed by atoms with van der Waals surface area (Å²) in [6, 6.07) is 8.17. The van der Waals surface area contributed by atoms with Crippen molar-refractivity contribution in [1.82, 2.24) is 9.78 Å². The van der Waals surface area contributed by atoms with E-state index >= 15 is 0 Å². The predicted molar refractivity (Wildman–Crippen MR) is 70.5 cm³/mol. The van der Waals surface area contributed by atoms with Crippen LogP contribution in [0.3, 0.4) is 0 Å². The van der Waals surface area contributed by atoms with E-state index in [0.717, 1.165) is 22.6 Å². The monoisotopic (exact) mass is 313 g/mol. The quantitative estimate of drug-likeness (QED) is 0.823. The molecule has 2 rings (SSSR count). The fraction of sp³-hybridized carbons (Fsp3) is 0.182. The lowest BCUT2D eigenvalue weighted by molar-refractivity contribution is 0.782. The Labute approximate surface area is 102 Å². The van der Waals surface area contributed by atoms with Crippen molar-refractivity contribution >= 4 is 28.4 Å². The molecule has 3 nitrogen and oxygen atoms in total. The molecule has 0 aliphatic carbocycles. The second-order valence-corrected chi connectivity index (χ2v) is 4.62. The Bertz CT molecular complexity index is 503. The van der Waals surface area contributed by atoms with Gasteiger partial charge < -0.3 is 5.73 Å². The molecule has 0 unspecified atom stereocenters. The number of hydrogen-bond donors (Lipinski definition) is 1. The highest BCUT2D eigenvalue weighted by Gasteiger charge is 2.12. The number of nitrogens with zero attached hydrogens (tertiary/aromatic N) is 2. The first kappa shape index (κ1) is 10.5. The smallest absolute Gasteiger partial charge is 0.124 e. The second kappa shape index (κ2) is 3.84. The number of benzene rings is 1. The van der Waals surface area contributed by atoms with Gasteiger partial charge in [0.1, 0.15) is 5.82 Å². The van der Waals surface area contributed by atoms with Crippen molar-refractivity contribution in [2.45, 2.75) is 6.92 Å². The van der Waals surface area contributed by atoms with Gasteiger partial charge in [0, 0.05) is 21.7 Å². The number of aryl methyl sites for hydroxylation is 1. The van der Waals surface area contributed by atoms with Crippen LogP contribution >= 0.6 is 22.6 Å². The lowest BCUT2D eigenvalue weighted by atomic mass is 10.1. The van der Waals surface area contributed by atoms with Crippen LogP contribution in [0.25, 0.3) is 11.3 Å². The van der Waals surface area contributed by atoms with Gasteiger partial charge in [-0.25, -0.2) is 0 Å². The molecule has 0 aliphatic heterocycles. The number of halogens is 1. The minimum Gasteiger partial charge on any atom is -0.384 e. The minimum absolute atomic E-state index is 0.727. The van der Waals surface area contributed by atoms with Crippen molar-refractivity contribution < 1.29 is 0 Å². The third-order valence-electron chi connectivity index (χ3n) is 2.47. The molecule has 0 fully saturated rings. The Morgan fingerprint density at radius 2 is 2.00 bits per heavy atom. The maximum absolute atomic E-state index is 5.89. The first-order valence-electron chi connectivity index (χ1n) is 4.65. The molecule has 1 aromatic heterocycles. The molecule has 0 spiro atoms. The van der Waals surface area contributed by atoms with E-state index in [0.29, 0.717) is 0 Å². The van der Waals surface area contributed by atoms with Crippen LogP contribution in [-0.4, -0.2) is 9.78 Å². The van der Waals surface area contributed by atoms with Crippen LogP contribution in [-0.2, 0) is 7.05 Å². The maximum Gasteiger partial charge on any atom is 0.124 e. The fourth-order valence-electron chi connectivity index (χ4n) is 1.55. The van der Waals surface area contributed by atoms with E-state index < -0.39 is 0 Å². The topological polar surface area (TPSA) is 43.8 Å². The molecule has 0 saturated carbocycles. The van der Waals surface area contributed by atoms with E-state index in [4.69, 9.17) is 5.73 Å².